The van der Waals surface area contributed by atoms with E-state index >= 15 is 0 Å². The normalized spacial score (nSPS) is 25.6. The predicted molar refractivity (Wildman–Crippen MR) is 115 cm³/mol. The number of piperazine rings is 1. The van der Waals surface area contributed by atoms with Gasteiger partial charge in [-0.25, -0.2) is 4.98 Å². The number of aliphatic hydroxyl groups is 1. The fourth-order valence-corrected chi connectivity index (χ4v) is 5.19. The molecule has 2 saturated heterocycles. The van der Waals surface area contributed by atoms with Crippen LogP contribution in [0.25, 0.3) is 11.1 Å². The Kier molecular flexibility index (Phi) is 5.58. The van der Waals surface area contributed by atoms with Crippen LogP contribution in [0.5, 0.6) is 0 Å². The van der Waals surface area contributed by atoms with Gasteiger partial charge >= 0.3 is 5.91 Å². The van der Waals surface area contributed by atoms with Crippen molar-refractivity contribution in [2.45, 2.75) is 50.9 Å². The molecule has 5 rings (SSSR count). The highest BCUT2D eigenvalue weighted by molar-refractivity contribution is 6.34. The molecule has 30 heavy (non-hydrogen) atoms. The predicted octanol–water partition coefficient (Wildman–Crippen LogP) is 2.41. The average Bonchev–Trinajstić information content (AvgIpc) is 3.38. The van der Waals surface area contributed by atoms with Crippen LogP contribution in [0.2, 0.25) is 5.02 Å². The van der Waals surface area contributed by atoms with Crippen molar-refractivity contribution in [3.8, 4) is 0 Å². The number of oxazole rings is 1. The van der Waals surface area contributed by atoms with Crippen LogP contribution in [0.15, 0.2) is 10.5 Å². The highest BCUT2D eigenvalue weighted by atomic mass is 35.5. The Morgan fingerprint density at radius 1 is 1.23 bits per heavy atom. The van der Waals surface area contributed by atoms with Gasteiger partial charge in [-0.15, -0.1) is 0 Å². The second-order valence-electron chi connectivity index (χ2n) is 8.47. The first kappa shape index (κ1) is 20.1. The molecule has 0 bridgehead atoms. The van der Waals surface area contributed by atoms with Crippen molar-refractivity contribution in [3.05, 3.63) is 22.5 Å². The lowest BCUT2D eigenvalue weighted by Gasteiger charge is -2.36. The first-order valence-electron chi connectivity index (χ1n) is 10.9. The Hall–Kier alpha value is -1.87. The molecule has 0 radical (unpaired) electrons. The third-order valence-electron chi connectivity index (χ3n) is 6.51. The van der Waals surface area contributed by atoms with E-state index in [9.17, 15) is 9.90 Å². The van der Waals surface area contributed by atoms with Crippen LogP contribution < -0.4 is 10.6 Å². The number of benzene rings is 1. The molecular formula is C21H28ClN5O3. The van der Waals surface area contributed by atoms with Crippen molar-refractivity contribution < 1.29 is 14.3 Å². The summed E-state index contributed by atoms with van der Waals surface area (Å²) in [6.45, 7) is 4.21. The SMILES string of the molecule is O=C(c1nc2cc(Cl)c3c(c2o1)CCCCCNC(O)N3)N1CCN2CCC[C@H]2C1. The van der Waals surface area contributed by atoms with Crippen LogP contribution in [0.1, 0.15) is 48.4 Å². The van der Waals surface area contributed by atoms with Crippen molar-refractivity contribution in [1.29, 1.82) is 0 Å². The standard InChI is InChI=1S/C21H28ClN5O3/c22-15-11-16-18(14-6-2-1-3-7-23-21(29)25-17(14)15)30-19(24-16)20(28)27-10-9-26-8-4-5-13(26)12-27/h11,13,21,23,25,29H,1-10,12H2/t13-,21?/m0/s1. The summed E-state index contributed by atoms with van der Waals surface area (Å²) >= 11 is 6.52. The summed E-state index contributed by atoms with van der Waals surface area (Å²) in [6, 6.07) is 2.16. The Labute approximate surface area is 180 Å². The van der Waals surface area contributed by atoms with Crippen molar-refractivity contribution in [3.63, 3.8) is 0 Å². The molecule has 0 spiro atoms. The molecule has 4 heterocycles. The number of hydrogen-bond donors (Lipinski definition) is 3. The number of hydrogen-bond acceptors (Lipinski definition) is 7. The Morgan fingerprint density at radius 3 is 3.03 bits per heavy atom. The van der Waals surface area contributed by atoms with Crippen molar-refractivity contribution in [1.82, 2.24) is 20.1 Å². The van der Waals surface area contributed by atoms with E-state index in [1.54, 1.807) is 6.07 Å². The molecule has 2 aromatic rings. The summed E-state index contributed by atoms with van der Waals surface area (Å²) in [7, 11) is 0. The number of anilines is 1. The number of rotatable bonds is 1. The van der Waals surface area contributed by atoms with Gasteiger partial charge in [0, 0.05) is 31.2 Å². The molecule has 0 aliphatic carbocycles. The van der Waals surface area contributed by atoms with E-state index < -0.39 is 6.35 Å². The van der Waals surface area contributed by atoms with Gasteiger partial charge in [-0.2, -0.15) is 0 Å². The van der Waals surface area contributed by atoms with Gasteiger partial charge in [0.25, 0.3) is 5.89 Å². The summed E-state index contributed by atoms with van der Waals surface area (Å²) in [6.07, 6.45) is 5.16. The number of nitrogens with zero attached hydrogens (tertiary/aromatic N) is 3. The van der Waals surface area contributed by atoms with Crippen molar-refractivity contribution in [2.24, 2.45) is 0 Å². The lowest BCUT2D eigenvalue weighted by atomic mass is 10.0. The molecular weight excluding hydrogens is 406 g/mol. The second-order valence-corrected chi connectivity index (χ2v) is 8.88. The van der Waals surface area contributed by atoms with Crippen LogP contribution in [-0.4, -0.2) is 70.9 Å². The maximum absolute atomic E-state index is 13.1. The van der Waals surface area contributed by atoms with Gasteiger partial charge in [-0.3, -0.25) is 15.0 Å². The van der Waals surface area contributed by atoms with Crippen LogP contribution in [0, 0.1) is 0 Å². The third-order valence-corrected chi connectivity index (χ3v) is 6.81. The number of nitrogens with one attached hydrogen (secondary N) is 2. The molecule has 9 heteroatoms. The second kappa shape index (κ2) is 8.34. The lowest BCUT2D eigenvalue weighted by Crippen LogP contribution is -2.52. The molecule has 8 nitrogen and oxygen atoms in total. The smallest absolute Gasteiger partial charge is 0.309 e. The summed E-state index contributed by atoms with van der Waals surface area (Å²) in [5.74, 6) is -0.0335. The summed E-state index contributed by atoms with van der Waals surface area (Å²) < 4.78 is 6.03. The Morgan fingerprint density at radius 2 is 2.13 bits per heavy atom. The van der Waals surface area contributed by atoms with Crippen LogP contribution >= 0.6 is 11.6 Å². The monoisotopic (exact) mass is 433 g/mol. The maximum atomic E-state index is 13.1. The molecule has 1 aromatic carbocycles. The molecule has 3 aliphatic rings. The number of aryl methyl sites for hydroxylation is 1. The van der Waals surface area contributed by atoms with Gasteiger partial charge in [0.2, 0.25) is 0 Å². The van der Waals surface area contributed by atoms with E-state index in [0.717, 1.165) is 63.8 Å². The molecule has 3 aliphatic heterocycles. The number of amides is 1. The van der Waals surface area contributed by atoms with Crippen molar-refractivity contribution in [2.75, 3.05) is 38.0 Å². The van der Waals surface area contributed by atoms with E-state index in [2.05, 4.69) is 20.5 Å². The summed E-state index contributed by atoms with van der Waals surface area (Å²) in [5, 5.41) is 16.8. The molecule has 1 aromatic heterocycles. The van der Waals surface area contributed by atoms with E-state index in [1.807, 2.05) is 4.90 Å². The van der Waals surface area contributed by atoms with Gasteiger partial charge in [0.05, 0.1) is 10.7 Å². The number of aromatic nitrogens is 1. The molecule has 0 saturated carbocycles. The minimum atomic E-state index is -0.900. The fourth-order valence-electron chi connectivity index (χ4n) is 4.92. The summed E-state index contributed by atoms with van der Waals surface area (Å²) in [4.78, 5) is 22.0. The third kappa shape index (κ3) is 3.77. The maximum Gasteiger partial charge on any atom is 0.309 e. The van der Waals surface area contributed by atoms with Gasteiger partial charge in [-0.1, -0.05) is 18.0 Å². The van der Waals surface area contributed by atoms with Crippen molar-refractivity contribution >= 4 is 34.3 Å². The molecule has 2 atom stereocenters. The number of halogens is 1. The highest BCUT2D eigenvalue weighted by Crippen LogP contribution is 2.36. The highest BCUT2D eigenvalue weighted by Gasteiger charge is 2.34. The van der Waals surface area contributed by atoms with E-state index in [-0.39, 0.29) is 11.8 Å². The quantitative estimate of drug-likeness (QED) is 0.635. The van der Waals surface area contributed by atoms with E-state index in [1.165, 1.54) is 6.42 Å². The molecule has 2 fully saturated rings. The number of carbonyl (C=O) groups is 1. The van der Waals surface area contributed by atoms with Gasteiger partial charge in [0.1, 0.15) is 5.52 Å². The Balaban J connectivity index is 1.47. The molecule has 1 unspecified atom stereocenters. The first-order chi connectivity index (χ1) is 14.6. The molecule has 1 amide bonds. The van der Waals surface area contributed by atoms with Gasteiger partial charge in [0.15, 0.2) is 11.9 Å². The topological polar surface area (TPSA) is 93.9 Å². The zero-order chi connectivity index (χ0) is 20.7. The molecule has 162 valence electrons. The largest absolute Gasteiger partial charge is 0.432 e. The van der Waals surface area contributed by atoms with E-state index in [4.69, 9.17) is 16.0 Å². The number of carbonyl (C=O) groups excluding carboxylic acids is 1. The summed E-state index contributed by atoms with van der Waals surface area (Å²) in [5.41, 5.74) is 2.67. The van der Waals surface area contributed by atoms with Crippen LogP contribution in [0.3, 0.4) is 0 Å². The van der Waals surface area contributed by atoms with Crippen LogP contribution in [-0.2, 0) is 6.42 Å². The molecule has 3 N–H and O–H groups in total. The van der Waals surface area contributed by atoms with Gasteiger partial charge in [-0.05, 0) is 51.3 Å². The lowest BCUT2D eigenvalue weighted by molar-refractivity contribution is 0.0536. The average molecular weight is 434 g/mol. The minimum Gasteiger partial charge on any atom is -0.432 e. The minimum absolute atomic E-state index is 0.122. The van der Waals surface area contributed by atoms with Gasteiger partial charge < -0.3 is 19.7 Å². The number of fused-ring (bicyclic) bond motifs is 4. The van der Waals surface area contributed by atoms with E-state index in [0.29, 0.717) is 34.4 Å². The first-order valence-corrected chi connectivity index (χ1v) is 11.3. The zero-order valence-corrected chi connectivity index (χ0v) is 17.7. The fraction of sp³-hybridized carbons (Fsp3) is 0.619. The number of aliphatic hydroxyl groups excluding tert-OH is 1. The van der Waals surface area contributed by atoms with Crippen LogP contribution in [0.4, 0.5) is 5.69 Å². The Bertz CT molecular complexity index is 948. The zero-order valence-electron chi connectivity index (χ0n) is 17.0.